The summed E-state index contributed by atoms with van der Waals surface area (Å²) in [5.74, 6) is 0.441. The van der Waals surface area contributed by atoms with E-state index >= 15 is 0 Å². The van der Waals surface area contributed by atoms with Crippen molar-refractivity contribution in [1.29, 1.82) is 0 Å². The molecule has 3 aromatic rings. The number of hydrogen-bond donors (Lipinski definition) is 2. The first-order chi connectivity index (χ1) is 13.5. The molecule has 0 spiro atoms. The van der Waals surface area contributed by atoms with Gasteiger partial charge in [0.05, 0.1) is 22.3 Å². The normalized spacial score (nSPS) is 15.8. The molecule has 1 saturated heterocycles. The van der Waals surface area contributed by atoms with Crippen LogP contribution < -0.4 is 5.32 Å². The molecule has 1 aliphatic rings. The van der Waals surface area contributed by atoms with Gasteiger partial charge in [0.1, 0.15) is 0 Å². The minimum Gasteiger partial charge on any atom is -0.361 e. The number of amides is 1. The average molecular weight is 416 g/mol. The van der Waals surface area contributed by atoms with Crippen molar-refractivity contribution in [2.75, 3.05) is 25.0 Å². The number of carbonyl (C=O) groups excluding carboxylic acids is 1. The molecule has 0 aliphatic carbocycles. The summed E-state index contributed by atoms with van der Waals surface area (Å²) in [5.41, 5.74) is 3.96. The number of halogens is 2. The summed E-state index contributed by atoms with van der Waals surface area (Å²) in [6.07, 6.45) is 4.22. The third kappa shape index (κ3) is 3.90. The number of rotatable bonds is 4. The molecule has 1 aliphatic heterocycles. The first kappa shape index (κ1) is 19.3. The lowest BCUT2D eigenvalue weighted by molar-refractivity contribution is -0.117. The second-order valence-electron chi connectivity index (χ2n) is 7.44. The summed E-state index contributed by atoms with van der Waals surface area (Å²) in [6, 6.07) is 12.0. The molecule has 1 fully saturated rings. The highest BCUT2D eigenvalue weighted by atomic mass is 35.5. The van der Waals surface area contributed by atoms with Crippen LogP contribution in [0.1, 0.15) is 29.9 Å². The quantitative estimate of drug-likeness (QED) is 0.582. The van der Waals surface area contributed by atoms with Crippen molar-refractivity contribution in [2.24, 2.45) is 0 Å². The van der Waals surface area contributed by atoms with Crippen LogP contribution in [0.4, 0.5) is 5.69 Å². The number of likely N-dealkylation sites (tertiary alicyclic amines) is 1. The number of aryl methyl sites for hydroxylation is 1. The second-order valence-corrected chi connectivity index (χ2v) is 8.23. The van der Waals surface area contributed by atoms with Crippen molar-refractivity contribution >= 4 is 45.7 Å². The van der Waals surface area contributed by atoms with Crippen molar-refractivity contribution in [3.8, 4) is 0 Å². The maximum atomic E-state index is 12.5. The molecule has 28 heavy (non-hydrogen) atoms. The highest BCUT2D eigenvalue weighted by Gasteiger charge is 2.24. The molecule has 0 unspecified atom stereocenters. The maximum Gasteiger partial charge on any atom is 0.238 e. The highest BCUT2D eigenvalue weighted by molar-refractivity contribution is 6.40. The SMILES string of the molecule is Cc1ccc(Cl)c(NC(=O)CN2CCC(c3c[nH]c4ccccc34)CC2)c1Cl. The van der Waals surface area contributed by atoms with Gasteiger partial charge < -0.3 is 10.3 Å². The van der Waals surface area contributed by atoms with Crippen LogP contribution in [0, 0.1) is 6.92 Å². The molecule has 4 nitrogen and oxygen atoms in total. The average Bonchev–Trinajstić information content (AvgIpc) is 3.13. The summed E-state index contributed by atoms with van der Waals surface area (Å²) in [6.45, 7) is 4.03. The van der Waals surface area contributed by atoms with Gasteiger partial charge in [-0.2, -0.15) is 0 Å². The van der Waals surface area contributed by atoms with E-state index < -0.39 is 0 Å². The van der Waals surface area contributed by atoms with Crippen LogP contribution in [-0.2, 0) is 4.79 Å². The largest absolute Gasteiger partial charge is 0.361 e. The van der Waals surface area contributed by atoms with Crippen molar-refractivity contribution < 1.29 is 4.79 Å². The van der Waals surface area contributed by atoms with Crippen molar-refractivity contribution in [1.82, 2.24) is 9.88 Å². The summed E-state index contributed by atoms with van der Waals surface area (Å²) >= 11 is 12.5. The van der Waals surface area contributed by atoms with Crippen LogP contribution >= 0.6 is 23.2 Å². The van der Waals surface area contributed by atoms with Gasteiger partial charge in [0, 0.05) is 17.1 Å². The lowest BCUT2D eigenvalue weighted by Gasteiger charge is -2.31. The number of fused-ring (bicyclic) bond motifs is 1. The van der Waals surface area contributed by atoms with Crippen LogP contribution in [0.2, 0.25) is 10.0 Å². The Morgan fingerprint density at radius 2 is 1.93 bits per heavy atom. The number of nitrogens with zero attached hydrogens (tertiary/aromatic N) is 1. The molecule has 0 radical (unpaired) electrons. The number of H-pyrrole nitrogens is 1. The number of hydrogen-bond acceptors (Lipinski definition) is 2. The minimum absolute atomic E-state index is 0.0834. The minimum atomic E-state index is -0.0834. The Hall–Kier alpha value is -2.01. The maximum absolute atomic E-state index is 12.5. The molecule has 2 N–H and O–H groups in total. The van der Waals surface area contributed by atoms with Crippen LogP contribution in [0.3, 0.4) is 0 Å². The standard InChI is InChI=1S/C22H23Cl2N3O/c1-14-6-7-18(23)22(21(14)24)26-20(28)13-27-10-8-15(9-11-27)17-12-25-19-5-3-2-4-16(17)19/h2-7,12,15,25H,8-11,13H2,1H3,(H,26,28). The molecule has 2 aromatic carbocycles. The monoisotopic (exact) mass is 415 g/mol. The van der Waals surface area contributed by atoms with Crippen LogP contribution in [0.15, 0.2) is 42.6 Å². The van der Waals surface area contributed by atoms with Gasteiger partial charge in [-0.05, 0) is 62.0 Å². The van der Waals surface area contributed by atoms with Crippen LogP contribution in [0.25, 0.3) is 10.9 Å². The van der Waals surface area contributed by atoms with E-state index in [1.807, 2.05) is 13.0 Å². The van der Waals surface area contributed by atoms with Gasteiger partial charge in [-0.1, -0.05) is 47.5 Å². The van der Waals surface area contributed by atoms with E-state index in [1.54, 1.807) is 6.07 Å². The van der Waals surface area contributed by atoms with E-state index in [-0.39, 0.29) is 5.91 Å². The third-order valence-electron chi connectivity index (χ3n) is 5.56. The molecule has 4 rings (SSSR count). The number of nitrogens with one attached hydrogen (secondary N) is 2. The zero-order valence-corrected chi connectivity index (χ0v) is 17.3. The topological polar surface area (TPSA) is 48.1 Å². The Morgan fingerprint density at radius 3 is 2.71 bits per heavy atom. The van der Waals surface area contributed by atoms with Gasteiger partial charge in [0.2, 0.25) is 5.91 Å². The zero-order valence-electron chi connectivity index (χ0n) is 15.8. The molecule has 0 bridgehead atoms. The molecule has 0 saturated carbocycles. The Bertz CT molecular complexity index is 1010. The highest BCUT2D eigenvalue weighted by Crippen LogP contribution is 2.34. The first-order valence-corrected chi connectivity index (χ1v) is 10.3. The molecule has 2 heterocycles. The van der Waals surface area contributed by atoms with E-state index in [2.05, 4.69) is 45.7 Å². The molecule has 6 heteroatoms. The lowest BCUT2D eigenvalue weighted by atomic mass is 9.89. The second kappa shape index (κ2) is 8.16. The lowest BCUT2D eigenvalue weighted by Crippen LogP contribution is -2.38. The number of carbonyl (C=O) groups is 1. The number of aromatic nitrogens is 1. The summed E-state index contributed by atoms with van der Waals surface area (Å²) in [4.78, 5) is 18.1. The Morgan fingerprint density at radius 1 is 1.18 bits per heavy atom. The van der Waals surface area contributed by atoms with Crippen LogP contribution in [0.5, 0.6) is 0 Å². The Labute approximate surface area is 174 Å². The molecule has 146 valence electrons. The van der Waals surface area contributed by atoms with Gasteiger partial charge in [-0.25, -0.2) is 0 Å². The van der Waals surface area contributed by atoms with Gasteiger partial charge in [-0.15, -0.1) is 0 Å². The predicted molar refractivity (Wildman–Crippen MR) is 117 cm³/mol. The van der Waals surface area contributed by atoms with E-state index in [0.29, 0.717) is 28.2 Å². The van der Waals surface area contributed by atoms with Gasteiger partial charge in [0.25, 0.3) is 0 Å². The summed E-state index contributed by atoms with van der Waals surface area (Å²) in [7, 11) is 0. The summed E-state index contributed by atoms with van der Waals surface area (Å²) in [5, 5.41) is 5.15. The molecular weight excluding hydrogens is 393 g/mol. The molecule has 1 amide bonds. The molecule has 0 atom stereocenters. The summed E-state index contributed by atoms with van der Waals surface area (Å²) < 4.78 is 0. The predicted octanol–water partition coefficient (Wildman–Crippen LogP) is 5.60. The number of anilines is 1. The van der Waals surface area contributed by atoms with Crippen molar-refractivity contribution in [2.45, 2.75) is 25.7 Å². The molecular formula is C22H23Cl2N3O. The Balaban J connectivity index is 1.36. The molecule has 1 aromatic heterocycles. The van der Waals surface area contributed by atoms with Gasteiger partial charge >= 0.3 is 0 Å². The number of benzene rings is 2. The van der Waals surface area contributed by atoms with E-state index in [4.69, 9.17) is 23.2 Å². The van der Waals surface area contributed by atoms with E-state index in [1.165, 1.54) is 16.5 Å². The van der Waals surface area contributed by atoms with E-state index in [0.717, 1.165) is 31.5 Å². The van der Waals surface area contributed by atoms with Gasteiger partial charge in [0.15, 0.2) is 0 Å². The zero-order chi connectivity index (χ0) is 19.7. The van der Waals surface area contributed by atoms with E-state index in [9.17, 15) is 4.79 Å². The van der Waals surface area contributed by atoms with Crippen LogP contribution in [-0.4, -0.2) is 35.4 Å². The van der Waals surface area contributed by atoms with Gasteiger partial charge in [-0.3, -0.25) is 9.69 Å². The van der Waals surface area contributed by atoms with Crippen molar-refractivity contribution in [3.63, 3.8) is 0 Å². The smallest absolute Gasteiger partial charge is 0.238 e. The number of aromatic amines is 1. The first-order valence-electron chi connectivity index (χ1n) is 9.55. The fourth-order valence-electron chi connectivity index (χ4n) is 3.99. The van der Waals surface area contributed by atoms with Crippen molar-refractivity contribution in [3.05, 3.63) is 63.8 Å². The number of para-hydroxylation sites is 1. The number of piperidine rings is 1. The third-order valence-corrected chi connectivity index (χ3v) is 6.37. The Kier molecular flexibility index (Phi) is 5.63. The fraction of sp³-hybridized carbons (Fsp3) is 0.318. The fourth-order valence-corrected chi connectivity index (χ4v) is 4.45.